The van der Waals surface area contributed by atoms with Crippen LogP contribution >= 0.6 is 0 Å². The van der Waals surface area contributed by atoms with Gasteiger partial charge in [-0.3, -0.25) is 14.5 Å². The highest BCUT2D eigenvalue weighted by atomic mass is 16.1. The Bertz CT molecular complexity index is 581. The zero-order chi connectivity index (χ0) is 14.0. The van der Waals surface area contributed by atoms with Gasteiger partial charge in [0.1, 0.15) is 5.69 Å². The Kier molecular flexibility index (Phi) is 3.38. The minimum Gasteiger partial charge on any atom is -0.355 e. The maximum atomic E-state index is 12.0. The van der Waals surface area contributed by atoms with Crippen molar-refractivity contribution in [1.29, 1.82) is 0 Å². The molecule has 100 valence electrons. The van der Waals surface area contributed by atoms with E-state index in [1.165, 1.54) is 0 Å². The number of nitrogens with one attached hydrogen (secondary N) is 1. The fourth-order valence-corrected chi connectivity index (χ4v) is 1.73. The van der Waals surface area contributed by atoms with Crippen LogP contribution in [0.4, 0.5) is 0 Å². The standard InChI is InChI=1S/C14H18N4O/c1-14(2,3)18-9-11(13(19)15-4)12(17-18)10-6-5-7-16-8-10/h5-9H,1-4H3,(H,15,19). The van der Waals surface area contributed by atoms with Crippen LogP contribution in [0.1, 0.15) is 31.1 Å². The lowest BCUT2D eigenvalue weighted by Crippen LogP contribution is -2.22. The zero-order valence-corrected chi connectivity index (χ0v) is 11.6. The van der Waals surface area contributed by atoms with Gasteiger partial charge < -0.3 is 5.32 Å². The van der Waals surface area contributed by atoms with Crippen LogP contribution in [0.15, 0.2) is 30.7 Å². The molecular formula is C14H18N4O. The normalized spacial score (nSPS) is 11.4. The molecule has 19 heavy (non-hydrogen) atoms. The largest absolute Gasteiger partial charge is 0.355 e. The van der Waals surface area contributed by atoms with E-state index in [-0.39, 0.29) is 11.4 Å². The maximum Gasteiger partial charge on any atom is 0.254 e. The average Bonchev–Trinajstić information content (AvgIpc) is 2.83. The molecule has 0 bridgehead atoms. The molecule has 2 aromatic rings. The van der Waals surface area contributed by atoms with Crippen molar-refractivity contribution in [2.75, 3.05) is 7.05 Å². The molecule has 0 saturated heterocycles. The summed E-state index contributed by atoms with van der Waals surface area (Å²) in [4.78, 5) is 16.0. The highest BCUT2D eigenvalue weighted by molar-refractivity contribution is 5.99. The van der Waals surface area contributed by atoms with Gasteiger partial charge in [-0.25, -0.2) is 0 Å². The van der Waals surface area contributed by atoms with Crippen molar-refractivity contribution in [2.45, 2.75) is 26.3 Å². The maximum absolute atomic E-state index is 12.0. The molecule has 0 aliphatic heterocycles. The first-order valence-corrected chi connectivity index (χ1v) is 6.16. The van der Waals surface area contributed by atoms with Crippen molar-refractivity contribution in [3.63, 3.8) is 0 Å². The van der Waals surface area contributed by atoms with Gasteiger partial charge >= 0.3 is 0 Å². The second-order valence-electron chi connectivity index (χ2n) is 5.33. The van der Waals surface area contributed by atoms with Crippen molar-refractivity contribution >= 4 is 5.91 Å². The van der Waals surface area contributed by atoms with E-state index in [0.29, 0.717) is 11.3 Å². The Morgan fingerprint density at radius 2 is 2.11 bits per heavy atom. The van der Waals surface area contributed by atoms with E-state index in [1.54, 1.807) is 30.3 Å². The lowest BCUT2D eigenvalue weighted by atomic mass is 10.1. The predicted molar refractivity (Wildman–Crippen MR) is 73.8 cm³/mol. The van der Waals surface area contributed by atoms with E-state index in [1.807, 2.05) is 32.9 Å². The molecule has 5 nitrogen and oxygen atoms in total. The molecule has 0 aliphatic carbocycles. The zero-order valence-electron chi connectivity index (χ0n) is 11.6. The van der Waals surface area contributed by atoms with E-state index in [2.05, 4.69) is 15.4 Å². The molecule has 2 heterocycles. The molecule has 1 N–H and O–H groups in total. The van der Waals surface area contributed by atoms with Gasteiger partial charge in [0.2, 0.25) is 0 Å². The van der Waals surface area contributed by atoms with Crippen LogP contribution < -0.4 is 5.32 Å². The highest BCUT2D eigenvalue weighted by Gasteiger charge is 2.22. The van der Waals surface area contributed by atoms with Crippen LogP contribution in [0.25, 0.3) is 11.3 Å². The molecule has 2 aromatic heterocycles. The van der Waals surface area contributed by atoms with Crippen LogP contribution in [0.5, 0.6) is 0 Å². The van der Waals surface area contributed by atoms with Gasteiger partial charge in [-0.2, -0.15) is 5.10 Å². The van der Waals surface area contributed by atoms with Crippen LogP contribution in [0.3, 0.4) is 0 Å². The molecule has 1 amide bonds. The van der Waals surface area contributed by atoms with Crippen LogP contribution in [-0.4, -0.2) is 27.7 Å². The summed E-state index contributed by atoms with van der Waals surface area (Å²) < 4.78 is 1.81. The minimum absolute atomic E-state index is 0.144. The van der Waals surface area contributed by atoms with Gasteiger partial charge in [-0.05, 0) is 32.9 Å². The van der Waals surface area contributed by atoms with Crippen LogP contribution in [0.2, 0.25) is 0 Å². The summed E-state index contributed by atoms with van der Waals surface area (Å²) in [5, 5.41) is 7.18. The summed E-state index contributed by atoms with van der Waals surface area (Å²) in [7, 11) is 1.61. The summed E-state index contributed by atoms with van der Waals surface area (Å²) in [5.74, 6) is -0.144. The minimum atomic E-state index is -0.177. The van der Waals surface area contributed by atoms with Gasteiger partial charge in [0, 0.05) is 31.2 Å². The number of amides is 1. The Hall–Kier alpha value is -2.17. The van der Waals surface area contributed by atoms with Crippen molar-refractivity contribution in [3.8, 4) is 11.3 Å². The Balaban J connectivity index is 2.59. The summed E-state index contributed by atoms with van der Waals surface area (Å²) in [6, 6.07) is 3.73. The third-order valence-electron chi connectivity index (χ3n) is 2.81. The van der Waals surface area contributed by atoms with Gasteiger partial charge in [0.15, 0.2) is 0 Å². The predicted octanol–water partition coefficient (Wildman–Crippen LogP) is 2.06. The molecule has 0 unspecified atom stereocenters. The summed E-state index contributed by atoms with van der Waals surface area (Å²) in [6.45, 7) is 6.13. The third-order valence-corrected chi connectivity index (χ3v) is 2.81. The topological polar surface area (TPSA) is 59.8 Å². The Labute approximate surface area is 112 Å². The number of hydrogen-bond acceptors (Lipinski definition) is 3. The first-order valence-electron chi connectivity index (χ1n) is 6.16. The fourth-order valence-electron chi connectivity index (χ4n) is 1.73. The summed E-state index contributed by atoms with van der Waals surface area (Å²) in [6.07, 6.45) is 5.19. The Morgan fingerprint density at radius 1 is 1.37 bits per heavy atom. The molecular weight excluding hydrogens is 240 g/mol. The lowest BCUT2D eigenvalue weighted by Gasteiger charge is -2.18. The van der Waals surface area contributed by atoms with Gasteiger partial charge in [-0.15, -0.1) is 0 Å². The van der Waals surface area contributed by atoms with Crippen LogP contribution in [-0.2, 0) is 5.54 Å². The SMILES string of the molecule is CNC(=O)c1cn(C(C)(C)C)nc1-c1cccnc1. The number of pyridine rings is 1. The lowest BCUT2D eigenvalue weighted by molar-refractivity contribution is 0.0963. The quantitative estimate of drug-likeness (QED) is 0.897. The highest BCUT2D eigenvalue weighted by Crippen LogP contribution is 2.24. The molecule has 2 rings (SSSR count). The third kappa shape index (κ3) is 2.65. The molecule has 0 saturated carbocycles. The van der Waals surface area contributed by atoms with E-state index in [9.17, 15) is 4.79 Å². The molecule has 0 atom stereocenters. The first kappa shape index (κ1) is 13.3. The van der Waals surface area contributed by atoms with Crippen molar-refractivity contribution in [2.24, 2.45) is 0 Å². The number of aromatic nitrogens is 3. The average molecular weight is 258 g/mol. The first-order chi connectivity index (χ1) is 8.93. The number of nitrogens with zero attached hydrogens (tertiary/aromatic N) is 3. The van der Waals surface area contributed by atoms with E-state index in [4.69, 9.17) is 0 Å². The molecule has 5 heteroatoms. The summed E-state index contributed by atoms with van der Waals surface area (Å²) >= 11 is 0. The fraction of sp³-hybridized carbons (Fsp3) is 0.357. The van der Waals surface area contributed by atoms with Crippen molar-refractivity contribution < 1.29 is 4.79 Å². The van der Waals surface area contributed by atoms with Crippen molar-refractivity contribution in [1.82, 2.24) is 20.1 Å². The molecule has 0 radical (unpaired) electrons. The van der Waals surface area contributed by atoms with Crippen molar-refractivity contribution in [3.05, 3.63) is 36.3 Å². The van der Waals surface area contributed by atoms with Gasteiger partial charge in [0.05, 0.1) is 11.1 Å². The van der Waals surface area contributed by atoms with E-state index in [0.717, 1.165) is 5.56 Å². The molecule has 0 aromatic carbocycles. The smallest absolute Gasteiger partial charge is 0.254 e. The summed E-state index contributed by atoms with van der Waals surface area (Å²) in [5.41, 5.74) is 1.88. The second-order valence-corrected chi connectivity index (χ2v) is 5.33. The molecule has 0 aliphatic rings. The van der Waals surface area contributed by atoms with Gasteiger partial charge in [-0.1, -0.05) is 0 Å². The number of carbonyl (C=O) groups is 1. The van der Waals surface area contributed by atoms with Gasteiger partial charge in [0.25, 0.3) is 5.91 Å². The number of rotatable bonds is 2. The number of hydrogen-bond donors (Lipinski definition) is 1. The van der Waals surface area contributed by atoms with E-state index >= 15 is 0 Å². The second kappa shape index (κ2) is 4.84. The number of carbonyl (C=O) groups excluding carboxylic acids is 1. The van der Waals surface area contributed by atoms with Crippen LogP contribution in [0, 0.1) is 0 Å². The molecule has 0 spiro atoms. The van der Waals surface area contributed by atoms with E-state index < -0.39 is 0 Å². The monoisotopic (exact) mass is 258 g/mol. The molecule has 0 fully saturated rings. The Morgan fingerprint density at radius 3 is 2.63 bits per heavy atom.